The van der Waals surface area contributed by atoms with Crippen molar-refractivity contribution in [2.24, 2.45) is 0 Å². The Morgan fingerprint density at radius 2 is 2.31 bits per heavy atom. The van der Waals surface area contributed by atoms with Gasteiger partial charge in [-0.15, -0.1) is 0 Å². The van der Waals surface area contributed by atoms with Gasteiger partial charge in [-0.3, -0.25) is 9.59 Å². The maximum absolute atomic E-state index is 11.8. The zero-order chi connectivity index (χ0) is 11.6. The highest BCUT2D eigenvalue weighted by Gasteiger charge is 2.37. The molecule has 2 rings (SSSR count). The van der Waals surface area contributed by atoms with E-state index in [1.54, 1.807) is 0 Å². The van der Waals surface area contributed by atoms with Crippen molar-refractivity contribution in [1.82, 2.24) is 15.5 Å². The quantitative estimate of drug-likeness (QED) is 0.808. The molecule has 0 spiro atoms. The molecule has 1 heterocycles. The number of rotatable bonds is 3. The van der Waals surface area contributed by atoms with Crippen LogP contribution in [0.3, 0.4) is 0 Å². The Labute approximate surface area is 101 Å². The predicted octanol–water partition coefficient (Wildman–Crippen LogP) is 0.817. The van der Waals surface area contributed by atoms with Gasteiger partial charge in [-0.2, -0.15) is 5.10 Å². The van der Waals surface area contributed by atoms with Gasteiger partial charge >= 0.3 is 0 Å². The second-order valence-corrected chi connectivity index (χ2v) is 4.59. The number of amides is 1. The summed E-state index contributed by atoms with van der Waals surface area (Å²) in [5, 5.41) is 9.62. The first-order valence-corrected chi connectivity index (χ1v) is 6.22. The summed E-state index contributed by atoms with van der Waals surface area (Å²) in [6.07, 6.45) is 3.09. The van der Waals surface area contributed by atoms with Crippen molar-refractivity contribution in [2.45, 2.75) is 24.8 Å². The summed E-state index contributed by atoms with van der Waals surface area (Å²) in [7, 11) is 0. The maximum atomic E-state index is 11.8. The third-order valence-electron chi connectivity index (χ3n) is 2.86. The van der Waals surface area contributed by atoms with Crippen molar-refractivity contribution in [3.63, 3.8) is 0 Å². The van der Waals surface area contributed by atoms with E-state index in [1.807, 2.05) is 0 Å². The molecule has 1 fully saturated rings. The van der Waals surface area contributed by atoms with Crippen LogP contribution in [0.15, 0.2) is 16.9 Å². The van der Waals surface area contributed by atoms with E-state index in [-0.39, 0.29) is 22.7 Å². The summed E-state index contributed by atoms with van der Waals surface area (Å²) in [5.41, 5.74) is -0.197. The van der Waals surface area contributed by atoms with E-state index >= 15 is 0 Å². The Hall–Kier alpha value is -1.17. The van der Waals surface area contributed by atoms with Crippen molar-refractivity contribution in [2.75, 3.05) is 5.33 Å². The Bertz CT molecular complexity index is 428. The second-order valence-electron chi connectivity index (χ2n) is 4.03. The van der Waals surface area contributed by atoms with E-state index in [0.717, 1.165) is 24.6 Å². The lowest BCUT2D eigenvalue weighted by atomic mass is 9.78. The molecule has 0 unspecified atom stereocenters. The van der Waals surface area contributed by atoms with Gasteiger partial charge in [0, 0.05) is 11.4 Å². The molecule has 5 nitrogen and oxygen atoms in total. The molecule has 1 saturated carbocycles. The molecule has 0 aromatic carbocycles. The van der Waals surface area contributed by atoms with Crippen molar-refractivity contribution >= 4 is 21.8 Å². The fourth-order valence-corrected chi connectivity index (χ4v) is 2.37. The number of nitrogens with one attached hydrogen (secondary N) is 2. The van der Waals surface area contributed by atoms with Gasteiger partial charge in [0.2, 0.25) is 0 Å². The fourth-order valence-electron chi connectivity index (χ4n) is 1.67. The van der Waals surface area contributed by atoms with Crippen molar-refractivity contribution in [3.8, 4) is 0 Å². The molecule has 6 heteroatoms. The van der Waals surface area contributed by atoms with Gasteiger partial charge < -0.3 is 5.32 Å². The molecule has 1 aromatic heterocycles. The minimum absolute atomic E-state index is 0.130. The Kier molecular flexibility index (Phi) is 3.09. The average Bonchev–Trinajstić information content (AvgIpc) is 2.24. The van der Waals surface area contributed by atoms with Crippen LogP contribution in [-0.4, -0.2) is 27.0 Å². The zero-order valence-corrected chi connectivity index (χ0v) is 10.2. The molecule has 0 bridgehead atoms. The number of hydrogen-bond donors (Lipinski definition) is 2. The maximum Gasteiger partial charge on any atom is 0.272 e. The number of aromatic amines is 1. The number of nitrogens with zero attached hydrogens (tertiary/aromatic N) is 1. The molecule has 0 saturated heterocycles. The van der Waals surface area contributed by atoms with Crippen LogP contribution in [0.2, 0.25) is 0 Å². The first-order chi connectivity index (χ1) is 7.65. The van der Waals surface area contributed by atoms with Crippen molar-refractivity contribution in [3.05, 3.63) is 28.2 Å². The minimum atomic E-state index is -0.310. The summed E-state index contributed by atoms with van der Waals surface area (Å²) in [5.74, 6) is -0.240. The van der Waals surface area contributed by atoms with Crippen LogP contribution in [0.1, 0.15) is 29.8 Å². The number of alkyl halides is 1. The summed E-state index contributed by atoms with van der Waals surface area (Å²) in [6, 6.07) is 2.72. The van der Waals surface area contributed by atoms with Gasteiger partial charge in [0.1, 0.15) is 5.69 Å². The molecular weight excluding hydrogens is 274 g/mol. The van der Waals surface area contributed by atoms with Crippen molar-refractivity contribution in [1.29, 1.82) is 0 Å². The molecule has 0 radical (unpaired) electrons. The van der Waals surface area contributed by atoms with Gasteiger partial charge in [-0.05, 0) is 25.3 Å². The molecule has 1 amide bonds. The van der Waals surface area contributed by atoms with E-state index in [2.05, 4.69) is 31.4 Å². The van der Waals surface area contributed by atoms with Gasteiger partial charge in [0.05, 0.1) is 5.54 Å². The fraction of sp³-hybridized carbons (Fsp3) is 0.500. The number of aromatic nitrogens is 2. The van der Waals surface area contributed by atoms with Crippen LogP contribution in [0.5, 0.6) is 0 Å². The molecule has 16 heavy (non-hydrogen) atoms. The van der Waals surface area contributed by atoms with Crippen LogP contribution >= 0.6 is 15.9 Å². The smallest absolute Gasteiger partial charge is 0.272 e. The molecule has 86 valence electrons. The number of hydrogen-bond acceptors (Lipinski definition) is 3. The third-order valence-corrected chi connectivity index (χ3v) is 3.93. The number of halogens is 1. The summed E-state index contributed by atoms with van der Waals surface area (Å²) >= 11 is 3.40. The van der Waals surface area contributed by atoms with Crippen molar-refractivity contribution < 1.29 is 4.79 Å². The Morgan fingerprint density at radius 3 is 2.75 bits per heavy atom. The molecule has 0 aliphatic heterocycles. The normalized spacial score (nSPS) is 17.6. The largest absolute Gasteiger partial charge is 0.344 e. The molecule has 0 atom stereocenters. The van der Waals surface area contributed by atoms with Crippen LogP contribution in [-0.2, 0) is 0 Å². The highest BCUT2D eigenvalue weighted by molar-refractivity contribution is 9.09. The monoisotopic (exact) mass is 285 g/mol. The highest BCUT2D eigenvalue weighted by atomic mass is 79.9. The average molecular weight is 286 g/mol. The predicted molar refractivity (Wildman–Crippen MR) is 62.7 cm³/mol. The van der Waals surface area contributed by atoms with E-state index in [0.29, 0.717) is 0 Å². The Morgan fingerprint density at radius 1 is 1.56 bits per heavy atom. The SMILES string of the molecule is O=C(NC1(CBr)CCC1)c1ccc(=O)[nH]n1. The van der Waals surface area contributed by atoms with Crippen LogP contribution < -0.4 is 10.9 Å². The highest BCUT2D eigenvalue weighted by Crippen LogP contribution is 2.33. The van der Waals surface area contributed by atoms with Crippen LogP contribution in [0.4, 0.5) is 0 Å². The van der Waals surface area contributed by atoms with Gasteiger partial charge in [-0.1, -0.05) is 15.9 Å². The summed E-state index contributed by atoms with van der Waals surface area (Å²) < 4.78 is 0. The zero-order valence-electron chi connectivity index (χ0n) is 8.62. The molecular formula is C10H12BrN3O2. The number of carbonyl (C=O) groups excluding carboxylic acids is 1. The molecule has 1 aliphatic rings. The lowest BCUT2D eigenvalue weighted by Crippen LogP contribution is -2.55. The van der Waals surface area contributed by atoms with Crippen LogP contribution in [0, 0.1) is 0 Å². The van der Waals surface area contributed by atoms with Crippen LogP contribution in [0.25, 0.3) is 0 Å². The molecule has 2 N–H and O–H groups in total. The first kappa shape index (κ1) is 11.3. The first-order valence-electron chi connectivity index (χ1n) is 5.09. The topological polar surface area (TPSA) is 74.8 Å². The van der Waals surface area contributed by atoms with E-state index < -0.39 is 0 Å². The van der Waals surface area contributed by atoms with Gasteiger partial charge in [0.25, 0.3) is 11.5 Å². The third kappa shape index (κ3) is 2.16. The lowest BCUT2D eigenvalue weighted by molar-refractivity contribution is 0.0850. The van der Waals surface area contributed by atoms with E-state index in [1.165, 1.54) is 12.1 Å². The lowest BCUT2D eigenvalue weighted by Gasteiger charge is -2.41. The standard InChI is InChI=1S/C10H12BrN3O2/c11-6-10(4-1-5-10)12-9(16)7-2-3-8(15)14-13-7/h2-3H,1,4-6H2,(H,12,16)(H,14,15). The Balaban J connectivity index is 2.08. The summed E-state index contributed by atoms with van der Waals surface area (Å²) in [6.45, 7) is 0. The number of carbonyl (C=O) groups is 1. The van der Waals surface area contributed by atoms with Gasteiger partial charge in [0.15, 0.2) is 0 Å². The molecule has 1 aromatic rings. The minimum Gasteiger partial charge on any atom is -0.344 e. The van der Waals surface area contributed by atoms with Gasteiger partial charge in [-0.25, -0.2) is 5.10 Å². The van der Waals surface area contributed by atoms with E-state index in [4.69, 9.17) is 0 Å². The second kappa shape index (κ2) is 4.37. The van der Waals surface area contributed by atoms with E-state index in [9.17, 15) is 9.59 Å². The molecule has 1 aliphatic carbocycles. The summed E-state index contributed by atoms with van der Waals surface area (Å²) in [4.78, 5) is 22.6. The number of H-pyrrole nitrogens is 1.